The Labute approximate surface area is 136 Å². The third-order valence-electron chi connectivity index (χ3n) is 3.70. The van der Waals surface area contributed by atoms with Crippen molar-refractivity contribution in [3.8, 4) is 11.5 Å². The molecular weight excluding hydrogens is 302 g/mol. The molecule has 1 aliphatic heterocycles. The van der Waals surface area contributed by atoms with E-state index in [0.29, 0.717) is 5.75 Å². The van der Waals surface area contributed by atoms with Gasteiger partial charge < -0.3 is 15.3 Å². The summed E-state index contributed by atoms with van der Waals surface area (Å²) in [6.45, 7) is 1.69. The number of phenolic OH excluding ortho intramolecular Hbond substituents is 1. The maximum atomic E-state index is 9.96. The molecule has 0 spiro atoms. The van der Waals surface area contributed by atoms with Gasteiger partial charge in [0.05, 0.1) is 12.8 Å². The summed E-state index contributed by atoms with van der Waals surface area (Å²) in [6.07, 6.45) is 5.58. The third kappa shape index (κ3) is 3.61. The van der Waals surface area contributed by atoms with E-state index in [1.165, 1.54) is 5.56 Å². The highest BCUT2D eigenvalue weighted by Crippen LogP contribution is 2.32. The minimum absolute atomic E-state index is 0. The van der Waals surface area contributed by atoms with Gasteiger partial charge in [0.25, 0.3) is 0 Å². The Hall–Kier alpha value is -1.98. The minimum atomic E-state index is 0. The molecule has 5 nitrogen and oxygen atoms in total. The van der Waals surface area contributed by atoms with Crippen LogP contribution in [0.3, 0.4) is 0 Å². The lowest BCUT2D eigenvalue weighted by molar-refractivity contribution is 0.326. The molecule has 118 valence electrons. The second kappa shape index (κ2) is 7.33. The van der Waals surface area contributed by atoms with Crippen LogP contribution in [0.4, 0.5) is 5.69 Å². The Morgan fingerprint density at radius 1 is 1.23 bits per heavy atom. The predicted molar refractivity (Wildman–Crippen MR) is 88.5 cm³/mol. The Bertz CT molecular complexity index is 622. The molecule has 2 N–H and O–H groups in total. The van der Waals surface area contributed by atoms with Crippen molar-refractivity contribution in [3.05, 3.63) is 47.8 Å². The number of phenols is 1. The molecule has 0 bridgehead atoms. The largest absolute Gasteiger partial charge is 0.504 e. The van der Waals surface area contributed by atoms with Gasteiger partial charge in [-0.05, 0) is 48.2 Å². The van der Waals surface area contributed by atoms with Gasteiger partial charge in [-0.15, -0.1) is 12.4 Å². The van der Waals surface area contributed by atoms with Gasteiger partial charge in [-0.2, -0.15) is 0 Å². The number of hydrazine groups is 1. The number of aromatic nitrogens is 1. The van der Waals surface area contributed by atoms with Crippen LogP contribution in [0.15, 0.2) is 36.7 Å². The molecule has 0 radical (unpaired) electrons. The summed E-state index contributed by atoms with van der Waals surface area (Å²) in [7, 11) is 1.58. The standard InChI is InChI=1S/C16H19N3O2.ClH/c1-21-16-10-12-3-2-8-19(11-13(12)9-15(16)20)18-14-4-6-17-7-5-14;/h4-7,9-10,20H,2-3,8,11H2,1H3,(H,17,18);1H. The Morgan fingerprint density at radius 2 is 2.00 bits per heavy atom. The molecule has 0 unspecified atom stereocenters. The Kier molecular flexibility index (Phi) is 5.46. The van der Waals surface area contributed by atoms with Crippen LogP contribution in [-0.4, -0.2) is 28.8 Å². The van der Waals surface area contributed by atoms with Crippen LogP contribution in [0, 0.1) is 0 Å². The van der Waals surface area contributed by atoms with E-state index in [4.69, 9.17) is 4.74 Å². The lowest BCUT2D eigenvalue weighted by atomic mass is 10.0. The van der Waals surface area contributed by atoms with E-state index in [1.54, 1.807) is 25.6 Å². The smallest absolute Gasteiger partial charge is 0.160 e. The number of ether oxygens (including phenoxy) is 1. The van der Waals surface area contributed by atoms with Crippen LogP contribution in [0.1, 0.15) is 17.5 Å². The van der Waals surface area contributed by atoms with E-state index < -0.39 is 0 Å². The highest BCUT2D eigenvalue weighted by atomic mass is 35.5. The lowest BCUT2D eigenvalue weighted by Crippen LogP contribution is -2.29. The Morgan fingerprint density at radius 3 is 2.73 bits per heavy atom. The maximum Gasteiger partial charge on any atom is 0.160 e. The van der Waals surface area contributed by atoms with Gasteiger partial charge in [-0.1, -0.05) is 0 Å². The molecule has 1 aromatic heterocycles. The van der Waals surface area contributed by atoms with E-state index in [9.17, 15) is 5.11 Å². The first-order valence-corrected chi connectivity index (χ1v) is 7.06. The molecule has 3 rings (SSSR count). The molecular formula is C16H20ClN3O2. The molecule has 1 aliphatic rings. The van der Waals surface area contributed by atoms with Crippen molar-refractivity contribution in [2.24, 2.45) is 0 Å². The van der Waals surface area contributed by atoms with Crippen molar-refractivity contribution in [1.29, 1.82) is 0 Å². The van der Waals surface area contributed by atoms with Crippen molar-refractivity contribution in [2.45, 2.75) is 19.4 Å². The fourth-order valence-corrected chi connectivity index (χ4v) is 2.65. The van der Waals surface area contributed by atoms with Crippen LogP contribution in [0.25, 0.3) is 0 Å². The monoisotopic (exact) mass is 321 g/mol. The summed E-state index contributed by atoms with van der Waals surface area (Å²) in [5.41, 5.74) is 6.78. The maximum absolute atomic E-state index is 9.96. The molecule has 0 saturated heterocycles. The third-order valence-corrected chi connectivity index (χ3v) is 3.70. The average molecular weight is 322 g/mol. The van der Waals surface area contributed by atoms with Crippen LogP contribution < -0.4 is 10.2 Å². The Balaban J connectivity index is 0.00000176. The molecule has 0 amide bonds. The molecule has 6 heteroatoms. The summed E-state index contributed by atoms with van der Waals surface area (Å²) in [6, 6.07) is 7.63. The minimum Gasteiger partial charge on any atom is -0.504 e. The normalized spacial score (nSPS) is 14.4. The number of halogens is 1. The highest BCUT2D eigenvalue weighted by Gasteiger charge is 2.17. The number of anilines is 1. The van der Waals surface area contributed by atoms with Crippen LogP contribution >= 0.6 is 12.4 Å². The number of rotatable bonds is 3. The number of nitrogens with one attached hydrogen (secondary N) is 1. The molecule has 2 aromatic rings. The van der Waals surface area contributed by atoms with Gasteiger partial charge >= 0.3 is 0 Å². The molecule has 2 heterocycles. The molecule has 22 heavy (non-hydrogen) atoms. The van der Waals surface area contributed by atoms with Crippen molar-refractivity contribution in [2.75, 3.05) is 19.1 Å². The molecule has 0 fully saturated rings. The first kappa shape index (κ1) is 16.4. The first-order chi connectivity index (χ1) is 10.3. The summed E-state index contributed by atoms with van der Waals surface area (Å²) in [5.74, 6) is 0.742. The van der Waals surface area contributed by atoms with E-state index in [2.05, 4.69) is 15.4 Å². The van der Waals surface area contributed by atoms with Gasteiger partial charge in [0.15, 0.2) is 11.5 Å². The second-order valence-corrected chi connectivity index (χ2v) is 5.17. The number of pyridine rings is 1. The zero-order valence-corrected chi connectivity index (χ0v) is 13.3. The number of nitrogens with zero attached hydrogens (tertiary/aromatic N) is 2. The number of benzene rings is 1. The fraction of sp³-hybridized carbons (Fsp3) is 0.312. The fourth-order valence-electron chi connectivity index (χ4n) is 2.65. The highest BCUT2D eigenvalue weighted by molar-refractivity contribution is 5.85. The lowest BCUT2D eigenvalue weighted by Gasteiger charge is -2.22. The summed E-state index contributed by atoms with van der Waals surface area (Å²) in [4.78, 5) is 4.02. The predicted octanol–water partition coefficient (Wildman–Crippen LogP) is 2.99. The second-order valence-electron chi connectivity index (χ2n) is 5.17. The van der Waals surface area contributed by atoms with Gasteiger partial charge in [0, 0.05) is 25.5 Å². The van der Waals surface area contributed by atoms with E-state index in [0.717, 1.165) is 37.2 Å². The van der Waals surface area contributed by atoms with Crippen molar-refractivity contribution in [1.82, 2.24) is 9.99 Å². The van der Waals surface area contributed by atoms with Gasteiger partial charge in [0.2, 0.25) is 0 Å². The van der Waals surface area contributed by atoms with Gasteiger partial charge in [0.1, 0.15) is 0 Å². The van der Waals surface area contributed by atoms with Crippen molar-refractivity contribution in [3.63, 3.8) is 0 Å². The average Bonchev–Trinajstić information content (AvgIpc) is 2.68. The quantitative estimate of drug-likeness (QED) is 0.910. The summed E-state index contributed by atoms with van der Waals surface area (Å²) < 4.78 is 5.19. The van der Waals surface area contributed by atoms with Crippen molar-refractivity contribution < 1.29 is 9.84 Å². The topological polar surface area (TPSA) is 57.6 Å². The number of aromatic hydroxyl groups is 1. The zero-order chi connectivity index (χ0) is 14.7. The van der Waals surface area contributed by atoms with E-state index in [-0.39, 0.29) is 18.2 Å². The van der Waals surface area contributed by atoms with E-state index >= 15 is 0 Å². The zero-order valence-electron chi connectivity index (χ0n) is 12.5. The molecule has 0 atom stereocenters. The van der Waals surface area contributed by atoms with Crippen molar-refractivity contribution >= 4 is 18.1 Å². The number of fused-ring (bicyclic) bond motifs is 1. The molecule has 0 aliphatic carbocycles. The molecule has 1 aromatic carbocycles. The van der Waals surface area contributed by atoms with Crippen LogP contribution in [0.5, 0.6) is 11.5 Å². The van der Waals surface area contributed by atoms with Crippen LogP contribution in [0.2, 0.25) is 0 Å². The number of methoxy groups -OCH3 is 1. The summed E-state index contributed by atoms with van der Waals surface area (Å²) >= 11 is 0. The van der Waals surface area contributed by atoms with E-state index in [1.807, 2.05) is 18.2 Å². The van der Waals surface area contributed by atoms with Gasteiger partial charge in [-0.3, -0.25) is 4.98 Å². The van der Waals surface area contributed by atoms with Crippen LogP contribution in [-0.2, 0) is 13.0 Å². The number of hydrogen-bond donors (Lipinski definition) is 2. The van der Waals surface area contributed by atoms with Gasteiger partial charge in [-0.25, -0.2) is 5.01 Å². The number of aryl methyl sites for hydroxylation is 1. The molecule has 0 saturated carbocycles. The summed E-state index contributed by atoms with van der Waals surface area (Å²) in [5, 5.41) is 12.1. The SMILES string of the molecule is COc1cc2c(cc1O)CN(Nc1ccncc1)CCC2.Cl. The first-order valence-electron chi connectivity index (χ1n) is 7.06. The number of hydrogen-bond acceptors (Lipinski definition) is 5.